The molecule has 0 spiro atoms. The molecule has 0 bridgehead atoms. The van der Waals surface area contributed by atoms with Crippen LogP contribution in [0.4, 0.5) is 0 Å². The minimum Gasteiger partial charge on any atom is -0.494 e. The van der Waals surface area contributed by atoms with E-state index in [-0.39, 0.29) is 18.1 Å². The molecular formula is C14H19NO3. The van der Waals surface area contributed by atoms with Gasteiger partial charge in [0.2, 0.25) is 0 Å². The summed E-state index contributed by atoms with van der Waals surface area (Å²) in [6, 6.07) is 7.13. The van der Waals surface area contributed by atoms with Gasteiger partial charge in [0.1, 0.15) is 5.75 Å². The highest BCUT2D eigenvalue weighted by atomic mass is 16.5. The predicted molar refractivity (Wildman–Crippen MR) is 68.7 cm³/mol. The van der Waals surface area contributed by atoms with Crippen LogP contribution in [0.3, 0.4) is 0 Å². The number of aliphatic hydroxyl groups excluding tert-OH is 1. The van der Waals surface area contributed by atoms with Crippen LogP contribution in [0.2, 0.25) is 0 Å². The average Bonchev–Trinajstić information content (AvgIpc) is 3.17. The van der Waals surface area contributed by atoms with Crippen LogP contribution in [0.25, 0.3) is 0 Å². The van der Waals surface area contributed by atoms with Gasteiger partial charge in [-0.15, -0.1) is 0 Å². The number of carbonyl (C=O) groups is 1. The van der Waals surface area contributed by atoms with Gasteiger partial charge in [0, 0.05) is 5.56 Å². The van der Waals surface area contributed by atoms with Gasteiger partial charge in [0.25, 0.3) is 5.91 Å². The zero-order valence-electron chi connectivity index (χ0n) is 10.6. The van der Waals surface area contributed by atoms with Crippen molar-refractivity contribution >= 4 is 5.91 Å². The standard InChI is InChI=1S/C14H19NO3/c1-2-8-18-12-5-3-4-11(9-12)13(17)15-14(10-16)6-7-14/h3-5,9,16H,2,6-8,10H2,1H3,(H,15,17). The molecule has 0 aromatic heterocycles. The van der Waals surface area contributed by atoms with E-state index in [2.05, 4.69) is 5.32 Å². The first-order valence-corrected chi connectivity index (χ1v) is 6.35. The number of amides is 1. The van der Waals surface area contributed by atoms with Gasteiger partial charge in [-0.05, 0) is 37.5 Å². The molecule has 1 saturated carbocycles. The molecule has 2 rings (SSSR count). The molecule has 0 heterocycles. The first-order chi connectivity index (χ1) is 8.69. The molecule has 0 unspecified atom stereocenters. The van der Waals surface area contributed by atoms with Crippen LogP contribution >= 0.6 is 0 Å². The molecule has 1 aromatic carbocycles. The molecule has 1 aliphatic rings. The van der Waals surface area contributed by atoms with E-state index in [1.165, 1.54) is 0 Å². The van der Waals surface area contributed by atoms with E-state index in [0.717, 1.165) is 19.3 Å². The lowest BCUT2D eigenvalue weighted by atomic mass is 10.2. The van der Waals surface area contributed by atoms with Gasteiger partial charge in [-0.2, -0.15) is 0 Å². The monoisotopic (exact) mass is 249 g/mol. The number of ether oxygens (including phenoxy) is 1. The zero-order chi connectivity index (χ0) is 13.0. The maximum atomic E-state index is 12.0. The molecule has 0 aliphatic heterocycles. The van der Waals surface area contributed by atoms with Crippen molar-refractivity contribution in [1.29, 1.82) is 0 Å². The molecule has 4 nitrogen and oxygen atoms in total. The molecule has 1 aliphatic carbocycles. The summed E-state index contributed by atoms with van der Waals surface area (Å²) in [5.41, 5.74) is 0.195. The highest BCUT2D eigenvalue weighted by Crippen LogP contribution is 2.34. The van der Waals surface area contributed by atoms with Crippen molar-refractivity contribution in [3.05, 3.63) is 29.8 Å². The number of hydrogen-bond acceptors (Lipinski definition) is 3. The van der Waals surface area contributed by atoms with Crippen LogP contribution < -0.4 is 10.1 Å². The summed E-state index contributed by atoms with van der Waals surface area (Å²) in [6.45, 7) is 2.69. The summed E-state index contributed by atoms with van der Waals surface area (Å²) in [6.07, 6.45) is 2.63. The fourth-order valence-corrected chi connectivity index (χ4v) is 1.73. The largest absolute Gasteiger partial charge is 0.494 e. The minimum absolute atomic E-state index is 0.00473. The number of rotatable bonds is 6. The van der Waals surface area contributed by atoms with Crippen LogP contribution in [-0.4, -0.2) is 29.8 Å². The van der Waals surface area contributed by atoms with E-state index in [1.54, 1.807) is 18.2 Å². The first kappa shape index (κ1) is 12.9. The molecule has 98 valence electrons. The Bertz CT molecular complexity index is 427. The molecule has 1 amide bonds. The van der Waals surface area contributed by atoms with Gasteiger partial charge in [0.15, 0.2) is 0 Å². The van der Waals surface area contributed by atoms with Crippen molar-refractivity contribution in [1.82, 2.24) is 5.32 Å². The molecule has 1 fully saturated rings. The van der Waals surface area contributed by atoms with E-state index in [1.807, 2.05) is 13.0 Å². The molecule has 0 radical (unpaired) electrons. The van der Waals surface area contributed by atoms with Gasteiger partial charge < -0.3 is 15.2 Å². The van der Waals surface area contributed by atoms with Gasteiger partial charge in [-0.25, -0.2) is 0 Å². The van der Waals surface area contributed by atoms with Crippen molar-refractivity contribution in [2.75, 3.05) is 13.2 Å². The Morgan fingerprint density at radius 3 is 2.89 bits per heavy atom. The van der Waals surface area contributed by atoms with E-state index in [9.17, 15) is 9.90 Å². The van der Waals surface area contributed by atoms with Crippen molar-refractivity contribution in [3.8, 4) is 5.75 Å². The number of carbonyl (C=O) groups excluding carboxylic acids is 1. The summed E-state index contributed by atoms with van der Waals surface area (Å²) in [5.74, 6) is 0.557. The van der Waals surface area contributed by atoms with E-state index in [0.29, 0.717) is 17.9 Å². The zero-order valence-corrected chi connectivity index (χ0v) is 10.6. The maximum absolute atomic E-state index is 12.0. The minimum atomic E-state index is -0.378. The second kappa shape index (κ2) is 5.40. The highest BCUT2D eigenvalue weighted by Gasteiger charge is 2.43. The summed E-state index contributed by atoms with van der Waals surface area (Å²) in [5, 5.41) is 12.1. The number of aliphatic hydroxyl groups is 1. The van der Waals surface area contributed by atoms with E-state index < -0.39 is 0 Å². The second-order valence-corrected chi connectivity index (χ2v) is 4.77. The predicted octanol–water partition coefficient (Wildman–Crippen LogP) is 1.73. The summed E-state index contributed by atoms with van der Waals surface area (Å²) in [4.78, 5) is 12.0. The van der Waals surface area contributed by atoms with Crippen molar-refractivity contribution in [3.63, 3.8) is 0 Å². The Morgan fingerprint density at radius 1 is 1.50 bits per heavy atom. The quantitative estimate of drug-likeness (QED) is 0.807. The number of benzene rings is 1. The summed E-state index contributed by atoms with van der Waals surface area (Å²) >= 11 is 0. The molecule has 4 heteroatoms. The molecule has 18 heavy (non-hydrogen) atoms. The van der Waals surface area contributed by atoms with Gasteiger partial charge in [0.05, 0.1) is 18.8 Å². The van der Waals surface area contributed by atoms with E-state index in [4.69, 9.17) is 4.74 Å². The molecule has 0 atom stereocenters. The van der Waals surface area contributed by atoms with Crippen LogP contribution in [0, 0.1) is 0 Å². The third kappa shape index (κ3) is 3.01. The summed E-state index contributed by atoms with van der Waals surface area (Å²) < 4.78 is 5.49. The van der Waals surface area contributed by atoms with Crippen molar-refractivity contribution < 1.29 is 14.6 Å². The lowest BCUT2D eigenvalue weighted by Gasteiger charge is -2.14. The van der Waals surface area contributed by atoms with Gasteiger partial charge in [-0.1, -0.05) is 13.0 Å². The molecule has 0 saturated heterocycles. The Balaban J connectivity index is 2.01. The normalized spacial score (nSPS) is 16.1. The lowest BCUT2D eigenvalue weighted by Crippen LogP contribution is -2.39. The van der Waals surface area contributed by atoms with Gasteiger partial charge >= 0.3 is 0 Å². The first-order valence-electron chi connectivity index (χ1n) is 6.35. The Labute approximate surface area is 107 Å². The van der Waals surface area contributed by atoms with Crippen LogP contribution in [0.1, 0.15) is 36.5 Å². The fraction of sp³-hybridized carbons (Fsp3) is 0.500. The Morgan fingerprint density at radius 2 is 2.28 bits per heavy atom. The third-order valence-corrected chi connectivity index (χ3v) is 3.10. The van der Waals surface area contributed by atoms with Crippen LogP contribution in [0.5, 0.6) is 5.75 Å². The molecule has 1 aromatic rings. The van der Waals surface area contributed by atoms with Crippen LogP contribution in [0.15, 0.2) is 24.3 Å². The smallest absolute Gasteiger partial charge is 0.251 e. The van der Waals surface area contributed by atoms with E-state index >= 15 is 0 Å². The number of hydrogen-bond donors (Lipinski definition) is 2. The Hall–Kier alpha value is -1.55. The Kier molecular flexibility index (Phi) is 3.87. The maximum Gasteiger partial charge on any atom is 0.251 e. The highest BCUT2D eigenvalue weighted by molar-refractivity contribution is 5.95. The SMILES string of the molecule is CCCOc1cccc(C(=O)NC2(CO)CC2)c1. The topological polar surface area (TPSA) is 58.6 Å². The van der Waals surface area contributed by atoms with Crippen molar-refractivity contribution in [2.45, 2.75) is 31.7 Å². The second-order valence-electron chi connectivity index (χ2n) is 4.77. The average molecular weight is 249 g/mol. The van der Waals surface area contributed by atoms with Crippen LogP contribution in [-0.2, 0) is 0 Å². The summed E-state index contributed by atoms with van der Waals surface area (Å²) in [7, 11) is 0. The van der Waals surface area contributed by atoms with Gasteiger partial charge in [-0.3, -0.25) is 4.79 Å². The third-order valence-electron chi connectivity index (χ3n) is 3.10. The fourth-order valence-electron chi connectivity index (χ4n) is 1.73. The molecular weight excluding hydrogens is 230 g/mol. The number of nitrogens with one attached hydrogen (secondary N) is 1. The molecule has 2 N–H and O–H groups in total. The van der Waals surface area contributed by atoms with Crippen molar-refractivity contribution in [2.24, 2.45) is 0 Å². The lowest BCUT2D eigenvalue weighted by molar-refractivity contribution is 0.0906.